The van der Waals surface area contributed by atoms with Gasteiger partial charge in [-0.2, -0.15) is 5.26 Å². The van der Waals surface area contributed by atoms with Gasteiger partial charge in [0.25, 0.3) is 5.91 Å². The summed E-state index contributed by atoms with van der Waals surface area (Å²) in [5.74, 6) is -1.70. The number of hydrogen-bond acceptors (Lipinski definition) is 9. The molecule has 0 radical (unpaired) electrons. The molecule has 5 aromatic rings. The first-order valence-electron chi connectivity index (χ1n) is 10.7. The quantitative estimate of drug-likeness (QED) is 0.292. The van der Waals surface area contributed by atoms with E-state index in [0.29, 0.717) is 5.56 Å². The van der Waals surface area contributed by atoms with Crippen LogP contribution in [0.25, 0.3) is 22.4 Å². The van der Waals surface area contributed by atoms with E-state index < -0.39 is 21.7 Å². The Balaban J connectivity index is 1.43. The predicted octanol–water partition coefficient (Wildman–Crippen LogP) is 3.24. The highest BCUT2D eigenvalue weighted by Crippen LogP contribution is 2.28. The van der Waals surface area contributed by atoms with Gasteiger partial charge in [-0.25, -0.2) is 13.2 Å². The topological polar surface area (TPSA) is 184 Å². The van der Waals surface area contributed by atoms with Crippen molar-refractivity contribution in [2.24, 2.45) is 0 Å². The standard InChI is InChI=1S/C24H16N6O6S/c25-12-15-6-8-19(17(10-15)22-27-24(32)36-29-22)26-23(31)21-18-11-16(7-9-20(18)35-28-21)30-37(33,34)13-14-4-2-1-3-5-14/h1-11,30H,13H2,(H,26,31)(H,27,29,32). The van der Waals surface area contributed by atoms with Gasteiger partial charge in [-0.3, -0.25) is 19.0 Å². The summed E-state index contributed by atoms with van der Waals surface area (Å²) in [4.78, 5) is 26.9. The Kier molecular flexibility index (Phi) is 6.00. The van der Waals surface area contributed by atoms with Crippen molar-refractivity contribution >= 4 is 38.3 Å². The van der Waals surface area contributed by atoms with Crippen molar-refractivity contribution in [2.45, 2.75) is 5.75 Å². The van der Waals surface area contributed by atoms with E-state index in [1.165, 1.54) is 36.4 Å². The largest absolute Gasteiger partial charge is 0.439 e. The summed E-state index contributed by atoms with van der Waals surface area (Å²) in [5, 5.41) is 19.6. The van der Waals surface area contributed by atoms with Gasteiger partial charge in [0.05, 0.1) is 28.5 Å². The van der Waals surface area contributed by atoms with Crippen molar-refractivity contribution in [3.8, 4) is 17.5 Å². The first-order valence-corrected chi connectivity index (χ1v) is 12.3. The van der Waals surface area contributed by atoms with Crippen LogP contribution in [0.3, 0.4) is 0 Å². The summed E-state index contributed by atoms with van der Waals surface area (Å²) >= 11 is 0. The molecular weight excluding hydrogens is 500 g/mol. The van der Waals surface area contributed by atoms with Crippen LogP contribution in [0.5, 0.6) is 0 Å². The first kappa shape index (κ1) is 23.5. The number of nitriles is 1. The Bertz CT molecular complexity index is 1830. The Morgan fingerprint density at radius 2 is 1.84 bits per heavy atom. The fraction of sp³-hybridized carbons (Fsp3) is 0.0417. The molecule has 5 rings (SSSR count). The molecule has 0 atom stereocenters. The molecule has 0 unspecified atom stereocenters. The maximum absolute atomic E-state index is 13.1. The van der Waals surface area contributed by atoms with Crippen LogP contribution in [0, 0.1) is 11.3 Å². The molecule has 13 heteroatoms. The first-order chi connectivity index (χ1) is 17.8. The summed E-state index contributed by atoms with van der Waals surface area (Å²) in [7, 11) is -3.73. The zero-order valence-corrected chi connectivity index (χ0v) is 19.6. The average Bonchev–Trinajstić information content (AvgIpc) is 3.50. The van der Waals surface area contributed by atoms with E-state index in [4.69, 9.17) is 4.52 Å². The number of aromatic nitrogens is 3. The maximum Gasteiger partial charge on any atom is 0.439 e. The number of hydrogen-bond donors (Lipinski definition) is 3. The van der Waals surface area contributed by atoms with Gasteiger partial charge in [0.15, 0.2) is 17.1 Å². The highest BCUT2D eigenvalue weighted by molar-refractivity contribution is 7.91. The predicted molar refractivity (Wildman–Crippen MR) is 132 cm³/mol. The lowest BCUT2D eigenvalue weighted by molar-refractivity contribution is 0.102. The number of sulfonamides is 1. The van der Waals surface area contributed by atoms with E-state index in [2.05, 4.69) is 29.9 Å². The Labute approximate surface area is 208 Å². The molecule has 2 aromatic heterocycles. The molecular formula is C24H16N6O6S. The number of rotatable bonds is 7. The fourth-order valence-corrected chi connectivity index (χ4v) is 4.81. The third-order valence-corrected chi connectivity index (χ3v) is 6.51. The van der Waals surface area contributed by atoms with Crippen LogP contribution in [0.4, 0.5) is 11.4 Å². The summed E-state index contributed by atoms with van der Waals surface area (Å²) in [5.41, 5.74) is 1.70. The van der Waals surface area contributed by atoms with Crippen LogP contribution in [0.2, 0.25) is 0 Å². The normalized spacial score (nSPS) is 11.2. The summed E-state index contributed by atoms with van der Waals surface area (Å²) in [6, 6.07) is 19.5. The van der Waals surface area contributed by atoms with Crippen molar-refractivity contribution in [1.82, 2.24) is 15.3 Å². The minimum atomic E-state index is -3.73. The molecule has 3 N–H and O–H groups in total. The monoisotopic (exact) mass is 516 g/mol. The molecule has 0 saturated carbocycles. The van der Waals surface area contributed by atoms with Crippen LogP contribution in [0.1, 0.15) is 21.6 Å². The number of aromatic amines is 1. The molecule has 3 aromatic carbocycles. The Morgan fingerprint density at radius 3 is 2.57 bits per heavy atom. The maximum atomic E-state index is 13.1. The van der Waals surface area contributed by atoms with E-state index in [1.54, 1.807) is 30.3 Å². The molecule has 0 aliphatic heterocycles. The van der Waals surface area contributed by atoms with Crippen LogP contribution >= 0.6 is 0 Å². The van der Waals surface area contributed by atoms with Gasteiger partial charge in [-0.05, 0) is 42.0 Å². The second-order valence-electron chi connectivity index (χ2n) is 7.86. The minimum Gasteiger partial charge on any atom is -0.355 e. The number of anilines is 2. The molecule has 184 valence electrons. The molecule has 0 fully saturated rings. The highest BCUT2D eigenvalue weighted by Gasteiger charge is 2.21. The van der Waals surface area contributed by atoms with Crippen molar-refractivity contribution in [2.75, 3.05) is 10.0 Å². The SMILES string of the molecule is N#Cc1ccc(NC(=O)c2noc3ccc(NS(=O)(=O)Cc4ccccc4)cc23)c(-c2noc(=O)[nH]2)c1. The molecule has 0 bridgehead atoms. The molecule has 1 amide bonds. The molecule has 37 heavy (non-hydrogen) atoms. The third-order valence-electron chi connectivity index (χ3n) is 5.25. The number of carbonyl (C=O) groups is 1. The Hall–Kier alpha value is -5.22. The molecule has 0 aliphatic carbocycles. The van der Waals surface area contributed by atoms with Crippen molar-refractivity contribution in [1.29, 1.82) is 5.26 Å². The van der Waals surface area contributed by atoms with Crippen LogP contribution in [-0.2, 0) is 15.8 Å². The molecule has 0 spiro atoms. The number of H-pyrrole nitrogens is 1. The van der Waals surface area contributed by atoms with Gasteiger partial charge < -0.3 is 9.84 Å². The zero-order chi connectivity index (χ0) is 26.0. The second kappa shape index (κ2) is 9.44. The second-order valence-corrected chi connectivity index (χ2v) is 9.58. The van der Waals surface area contributed by atoms with Crippen molar-refractivity contribution < 1.29 is 22.3 Å². The number of benzene rings is 3. The summed E-state index contributed by atoms with van der Waals surface area (Å²) in [6.45, 7) is 0. The van der Waals surface area contributed by atoms with Crippen LogP contribution in [-0.4, -0.2) is 29.6 Å². The lowest BCUT2D eigenvalue weighted by atomic mass is 10.1. The average molecular weight is 516 g/mol. The van der Waals surface area contributed by atoms with Gasteiger partial charge in [-0.15, -0.1) is 0 Å². The minimum absolute atomic E-state index is 0.0116. The lowest BCUT2D eigenvalue weighted by Crippen LogP contribution is -2.15. The Morgan fingerprint density at radius 1 is 1.03 bits per heavy atom. The molecule has 2 heterocycles. The van der Waals surface area contributed by atoms with E-state index in [1.807, 2.05) is 6.07 Å². The number of nitrogens with zero attached hydrogens (tertiary/aromatic N) is 3. The van der Waals surface area contributed by atoms with Gasteiger partial charge in [0.1, 0.15) is 0 Å². The number of carbonyl (C=O) groups excluding carboxylic acids is 1. The van der Waals surface area contributed by atoms with Gasteiger partial charge in [0, 0.05) is 11.3 Å². The lowest BCUT2D eigenvalue weighted by Gasteiger charge is -2.09. The zero-order valence-electron chi connectivity index (χ0n) is 18.8. The van der Waals surface area contributed by atoms with E-state index >= 15 is 0 Å². The van der Waals surface area contributed by atoms with Crippen molar-refractivity contribution in [3.05, 3.63) is 94.1 Å². The summed E-state index contributed by atoms with van der Waals surface area (Å²) in [6.07, 6.45) is 0. The summed E-state index contributed by atoms with van der Waals surface area (Å²) < 4.78 is 37.5. The van der Waals surface area contributed by atoms with E-state index in [9.17, 15) is 23.3 Å². The van der Waals surface area contributed by atoms with E-state index in [0.717, 1.165) is 0 Å². The van der Waals surface area contributed by atoms with Gasteiger partial charge in [-0.1, -0.05) is 40.6 Å². The van der Waals surface area contributed by atoms with Gasteiger partial charge >= 0.3 is 5.76 Å². The number of fused-ring (bicyclic) bond motifs is 1. The van der Waals surface area contributed by atoms with Crippen LogP contribution < -0.4 is 15.8 Å². The van der Waals surface area contributed by atoms with E-state index in [-0.39, 0.29) is 50.7 Å². The molecule has 0 aliphatic rings. The smallest absolute Gasteiger partial charge is 0.355 e. The highest BCUT2D eigenvalue weighted by atomic mass is 32.2. The fourth-order valence-electron chi connectivity index (χ4n) is 3.62. The molecule has 12 nitrogen and oxygen atoms in total. The third kappa shape index (κ3) is 5.09. The molecule has 0 saturated heterocycles. The van der Waals surface area contributed by atoms with Crippen molar-refractivity contribution in [3.63, 3.8) is 0 Å². The number of amides is 1. The number of nitrogens with one attached hydrogen (secondary N) is 3. The van der Waals surface area contributed by atoms with Gasteiger partial charge in [0.2, 0.25) is 10.0 Å². The van der Waals surface area contributed by atoms with Crippen LogP contribution in [0.15, 0.2) is 80.6 Å².